The third-order valence-corrected chi connectivity index (χ3v) is 4.61. The topological polar surface area (TPSA) is 47.6 Å². The molecule has 4 nitrogen and oxygen atoms in total. The minimum absolute atomic E-state index is 0.138. The van der Waals surface area contributed by atoms with E-state index in [1.165, 1.54) is 17.8 Å². The van der Waals surface area contributed by atoms with Crippen LogP contribution in [0.25, 0.3) is 0 Å². The van der Waals surface area contributed by atoms with Gasteiger partial charge in [0.2, 0.25) is 5.91 Å². The smallest absolute Gasteiger partial charge is 0.230 e. The summed E-state index contributed by atoms with van der Waals surface area (Å²) in [5.74, 6) is 1.34. The van der Waals surface area contributed by atoms with E-state index in [0.717, 1.165) is 0 Å². The molecule has 0 unspecified atom stereocenters. The number of halogens is 2. The van der Waals surface area contributed by atoms with E-state index in [9.17, 15) is 9.18 Å². The molecule has 2 aromatic rings. The Labute approximate surface area is 155 Å². The first-order chi connectivity index (χ1) is 12.1. The van der Waals surface area contributed by atoms with Gasteiger partial charge in [-0.15, -0.1) is 11.8 Å². The SMILES string of the molecule is COc1ccccc1OCCNC(=O)CSCc1c(F)cccc1Cl. The summed E-state index contributed by atoms with van der Waals surface area (Å²) < 4.78 is 24.4. The van der Waals surface area contributed by atoms with Gasteiger partial charge in [-0.05, 0) is 24.3 Å². The Hall–Kier alpha value is -1.92. The number of ether oxygens (including phenoxy) is 2. The molecule has 25 heavy (non-hydrogen) atoms. The number of methoxy groups -OCH3 is 1. The molecule has 0 heterocycles. The molecule has 0 fully saturated rings. The van der Waals surface area contributed by atoms with Crippen LogP contribution in [0, 0.1) is 5.82 Å². The van der Waals surface area contributed by atoms with Crippen molar-refractivity contribution < 1.29 is 18.7 Å². The monoisotopic (exact) mass is 383 g/mol. The fourth-order valence-corrected chi connectivity index (χ4v) is 3.25. The number of nitrogens with one attached hydrogen (secondary N) is 1. The predicted molar refractivity (Wildman–Crippen MR) is 99.1 cm³/mol. The zero-order valence-corrected chi connectivity index (χ0v) is 15.3. The fourth-order valence-electron chi connectivity index (χ4n) is 2.06. The van der Waals surface area contributed by atoms with Gasteiger partial charge in [0.1, 0.15) is 12.4 Å². The van der Waals surface area contributed by atoms with E-state index in [-0.39, 0.29) is 17.5 Å². The highest BCUT2D eigenvalue weighted by Gasteiger charge is 2.09. The number of amides is 1. The molecule has 0 atom stereocenters. The molecule has 0 aromatic heterocycles. The van der Waals surface area contributed by atoms with Crippen molar-refractivity contribution in [2.24, 2.45) is 0 Å². The largest absolute Gasteiger partial charge is 0.493 e. The predicted octanol–water partition coefficient (Wildman–Crippen LogP) is 3.92. The van der Waals surface area contributed by atoms with Crippen LogP contribution >= 0.6 is 23.4 Å². The second-order valence-electron chi connectivity index (χ2n) is 5.04. The van der Waals surface area contributed by atoms with Crippen LogP contribution in [0.1, 0.15) is 5.56 Å². The van der Waals surface area contributed by atoms with Crippen molar-refractivity contribution in [1.29, 1.82) is 0 Å². The van der Waals surface area contributed by atoms with E-state index in [4.69, 9.17) is 21.1 Å². The summed E-state index contributed by atoms with van der Waals surface area (Å²) >= 11 is 7.26. The summed E-state index contributed by atoms with van der Waals surface area (Å²) in [7, 11) is 1.57. The lowest BCUT2D eigenvalue weighted by Gasteiger charge is -2.11. The highest BCUT2D eigenvalue weighted by molar-refractivity contribution is 7.99. The average molecular weight is 384 g/mol. The van der Waals surface area contributed by atoms with E-state index < -0.39 is 0 Å². The molecular weight excluding hydrogens is 365 g/mol. The lowest BCUT2D eigenvalue weighted by Crippen LogP contribution is -2.29. The Kier molecular flexibility index (Phi) is 7.88. The van der Waals surface area contributed by atoms with E-state index in [0.29, 0.717) is 41.0 Å². The first-order valence-corrected chi connectivity index (χ1v) is 9.18. The van der Waals surface area contributed by atoms with Crippen LogP contribution in [0.3, 0.4) is 0 Å². The van der Waals surface area contributed by atoms with Gasteiger partial charge in [-0.3, -0.25) is 4.79 Å². The molecule has 0 spiro atoms. The molecule has 0 saturated heterocycles. The third kappa shape index (κ3) is 6.14. The van der Waals surface area contributed by atoms with Crippen LogP contribution in [0.2, 0.25) is 5.02 Å². The fraction of sp³-hybridized carbons (Fsp3) is 0.278. The van der Waals surface area contributed by atoms with Crippen LogP contribution in [0.15, 0.2) is 42.5 Å². The quantitative estimate of drug-likeness (QED) is 0.667. The van der Waals surface area contributed by atoms with E-state index in [2.05, 4.69) is 5.32 Å². The number of carbonyl (C=O) groups is 1. The maximum Gasteiger partial charge on any atom is 0.230 e. The molecule has 1 N–H and O–H groups in total. The van der Waals surface area contributed by atoms with Gasteiger partial charge < -0.3 is 14.8 Å². The molecule has 0 aliphatic heterocycles. The zero-order chi connectivity index (χ0) is 18.1. The van der Waals surface area contributed by atoms with Gasteiger partial charge in [-0.1, -0.05) is 29.8 Å². The Balaban J connectivity index is 1.66. The number of rotatable bonds is 9. The van der Waals surface area contributed by atoms with Crippen molar-refractivity contribution in [1.82, 2.24) is 5.32 Å². The van der Waals surface area contributed by atoms with Crippen LogP contribution in [0.5, 0.6) is 11.5 Å². The van der Waals surface area contributed by atoms with Crippen molar-refractivity contribution in [2.75, 3.05) is 26.0 Å². The summed E-state index contributed by atoms with van der Waals surface area (Å²) in [6.45, 7) is 0.702. The highest BCUT2D eigenvalue weighted by Crippen LogP contribution is 2.25. The number of thioether (sulfide) groups is 1. The molecule has 0 aliphatic carbocycles. The van der Waals surface area contributed by atoms with Gasteiger partial charge in [0.15, 0.2) is 11.5 Å². The van der Waals surface area contributed by atoms with E-state index in [1.807, 2.05) is 12.1 Å². The van der Waals surface area contributed by atoms with Crippen molar-refractivity contribution in [3.63, 3.8) is 0 Å². The zero-order valence-electron chi connectivity index (χ0n) is 13.8. The first kappa shape index (κ1) is 19.4. The van der Waals surface area contributed by atoms with Crippen molar-refractivity contribution in [3.05, 3.63) is 58.9 Å². The third-order valence-electron chi connectivity index (χ3n) is 3.29. The van der Waals surface area contributed by atoms with E-state index in [1.54, 1.807) is 31.4 Å². The minimum Gasteiger partial charge on any atom is -0.493 e. The maximum absolute atomic E-state index is 13.6. The second-order valence-corrected chi connectivity index (χ2v) is 6.44. The molecule has 0 aliphatic rings. The molecule has 2 rings (SSSR count). The number of para-hydroxylation sites is 2. The molecular formula is C18H19ClFNO3S. The standard InChI is InChI=1S/C18H19ClFNO3S/c1-23-16-7-2-3-8-17(16)24-10-9-21-18(22)12-25-11-13-14(19)5-4-6-15(13)20/h2-8H,9-12H2,1H3,(H,21,22). The highest BCUT2D eigenvalue weighted by atomic mass is 35.5. The second kappa shape index (κ2) is 10.2. The van der Waals surface area contributed by atoms with Gasteiger partial charge in [0, 0.05) is 16.3 Å². The normalized spacial score (nSPS) is 10.4. The molecule has 1 amide bonds. The van der Waals surface area contributed by atoms with Crippen LogP contribution in [-0.4, -0.2) is 31.9 Å². The summed E-state index contributed by atoms with van der Waals surface area (Å²) in [6, 6.07) is 11.9. The maximum atomic E-state index is 13.6. The lowest BCUT2D eigenvalue weighted by molar-refractivity contribution is -0.118. The Bertz CT molecular complexity index is 694. The van der Waals surface area contributed by atoms with Gasteiger partial charge >= 0.3 is 0 Å². The average Bonchev–Trinajstić information content (AvgIpc) is 2.61. The number of hydrogen-bond donors (Lipinski definition) is 1. The molecule has 7 heteroatoms. The van der Waals surface area contributed by atoms with Crippen molar-refractivity contribution in [3.8, 4) is 11.5 Å². The van der Waals surface area contributed by atoms with Gasteiger partial charge in [0.05, 0.1) is 19.4 Å². The summed E-state index contributed by atoms with van der Waals surface area (Å²) in [5, 5.41) is 3.13. The lowest BCUT2D eigenvalue weighted by atomic mass is 10.2. The molecule has 134 valence electrons. The number of carbonyl (C=O) groups excluding carboxylic acids is 1. The molecule has 0 saturated carbocycles. The van der Waals surface area contributed by atoms with Crippen LogP contribution in [-0.2, 0) is 10.5 Å². The minimum atomic E-state index is -0.356. The summed E-state index contributed by atoms with van der Waals surface area (Å²) in [5.41, 5.74) is 0.418. The molecule has 0 bridgehead atoms. The molecule has 2 aromatic carbocycles. The number of hydrogen-bond acceptors (Lipinski definition) is 4. The van der Waals surface area contributed by atoms with Crippen LogP contribution < -0.4 is 14.8 Å². The Morgan fingerprint density at radius 1 is 1.20 bits per heavy atom. The van der Waals surface area contributed by atoms with Crippen LogP contribution in [0.4, 0.5) is 4.39 Å². The Morgan fingerprint density at radius 2 is 1.96 bits per heavy atom. The first-order valence-electron chi connectivity index (χ1n) is 7.65. The molecule has 0 radical (unpaired) electrons. The van der Waals surface area contributed by atoms with Crippen molar-refractivity contribution >= 4 is 29.3 Å². The summed E-state index contributed by atoms with van der Waals surface area (Å²) in [4.78, 5) is 11.8. The Morgan fingerprint density at radius 3 is 2.68 bits per heavy atom. The number of benzene rings is 2. The van der Waals surface area contributed by atoms with Gasteiger partial charge in [-0.2, -0.15) is 0 Å². The van der Waals surface area contributed by atoms with Gasteiger partial charge in [-0.25, -0.2) is 4.39 Å². The van der Waals surface area contributed by atoms with Crippen molar-refractivity contribution in [2.45, 2.75) is 5.75 Å². The van der Waals surface area contributed by atoms with Gasteiger partial charge in [0.25, 0.3) is 0 Å². The summed E-state index contributed by atoms with van der Waals surface area (Å²) in [6.07, 6.45) is 0. The van der Waals surface area contributed by atoms with E-state index >= 15 is 0 Å².